The molecule has 23 heavy (non-hydrogen) atoms. The van der Waals surface area contributed by atoms with E-state index in [1.807, 2.05) is 11.4 Å². The van der Waals surface area contributed by atoms with Crippen molar-refractivity contribution in [2.75, 3.05) is 18.4 Å². The second kappa shape index (κ2) is 6.93. The minimum Gasteiger partial charge on any atom is -0.335 e. The molecule has 2 aromatic heterocycles. The molecular formula is C15H16N4O2S2. The SMILES string of the molecule is C=CCNC(=O)N1CCc2nc(NC(=O)c3cccs3)sc2C1. The largest absolute Gasteiger partial charge is 0.335 e. The van der Waals surface area contributed by atoms with Crippen molar-refractivity contribution in [1.82, 2.24) is 15.2 Å². The number of urea groups is 1. The quantitative estimate of drug-likeness (QED) is 0.834. The Kier molecular flexibility index (Phi) is 4.73. The van der Waals surface area contributed by atoms with E-state index in [4.69, 9.17) is 0 Å². The van der Waals surface area contributed by atoms with Crippen molar-refractivity contribution in [3.63, 3.8) is 0 Å². The van der Waals surface area contributed by atoms with Gasteiger partial charge >= 0.3 is 6.03 Å². The molecule has 3 rings (SSSR count). The third-order valence-corrected chi connectivity index (χ3v) is 5.25. The number of aromatic nitrogens is 1. The number of fused-ring (bicyclic) bond motifs is 1. The summed E-state index contributed by atoms with van der Waals surface area (Å²) in [6.45, 7) is 5.18. The Hall–Kier alpha value is -2.19. The van der Waals surface area contributed by atoms with E-state index in [-0.39, 0.29) is 11.9 Å². The standard InChI is InChI=1S/C15H16N4O2S2/c1-2-6-16-15(21)19-7-5-10-12(9-19)23-14(17-10)18-13(20)11-4-3-8-22-11/h2-4,8H,1,5-7,9H2,(H,16,21)(H,17,18,20). The second-order valence-corrected chi connectivity index (χ2v) is 7.00. The molecule has 3 amide bonds. The summed E-state index contributed by atoms with van der Waals surface area (Å²) in [7, 11) is 0. The van der Waals surface area contributed by atoms with E-state index < -0.39 is 0 Å². The number of anilines is 1. The van der Waals surface area contributed by atoms with Crippen LogP contribution in [0.25, 0.3) is 0 Å². The summed E-state index contributed by atoms with van der Waals surface area (Å²) in [6, 6.07) is 3.51. The minimum atomic E-state index is -0.147. The molecule has 0 saturated heterocycles. The molecule has 0 bridgehead atoms. The topological polar surface area (TPSA) is 74.3 Å². The van der Waals surface area contributed by atoms with Gasteiger partial charge in [0.1, 0.15) is 0 Å². The number of amides is 3. The van der Waals surface area contributed by atoms with Gasteiger partial charge < -0.3 is 10.2 Å². The van der Waals surface area contributed by atoms with Gasteiger partial charge in [-0.1, -0.05) is 23.5 Å². The monoisotopic (exact) mass is 348 g/mol. The van der Waals surface area contributed by atoms with Gasteiger partial charge in [-0.15, -0.1) is 17.9 Å². The fraction of sp³-hybridized carbons (Fsp3) is 0.267. The van der Waals surface area contributed by atoms with Crippen LogP contribution in [0.15, 0.2) is 30.2 Å². The Bertz CT molecular complexity index is 724. The number of hydrogen-bond donors (Lipinski definition) is 2. The summed E-state index contributed by atoms with van der Waals surface area (Å²) in [5.41, 5.74) is 0.962. The first kappa shape index (κ1) is 15.7. The van der Waals surface area contributed by atoms with Gasteiger partial charge in [0.05, 0.1) is 17.1 Å². The summed E-state index contributed by atoms with van der Waals surface area (Å²) in [6.07, 6.45) is 2.35. The highest BCUT2D eigenvalue weighted by Gasteiger charge is 2.24. The Labute approximate surface area is 141 Å². The Morgan fingerprint density at radius 3 is 3.09 bits per heavy atom. The molecule has 120 valence electrons. The lowest BCUT2D eigenvalue weighted by Crippen LogP contribution is -2.42. The molecule has 0 saturated carbocycles. The zero-order valence-electron chi connectivity index (χ0n) is 12.4. The van der Waals surface area contributed by atoms with Crippen LogP contribution in [0.2, 0.25) is 0 Å². The van der Waals surface area contributed by atoms with Crippen molar-refractivity contribution in [3.05, 3.63) is 45.6 Å². The zero-order valence-corrected chi connectivity index (χ0v) is 14.0. The van der Waals surface area contributed by atoms with Crippen LogP contribution in [0.3, 0.4) is 0 Å². The Balaban J connectivity index is 1.65. The average molecular weight is 348 g/mol. The van der Waals surface area contributed by atoms with Crippen LogP contribution >= 0.6 is 22.7 Å². The summed E-state index contributed by atoms with van der Waals surface area (Å²) in [5, 5.41) is 8.05. The summed E-state index contributed by atoms with van der Waals surface area (Å²) >= 11 is 2.82. The summed E-state index contributed by atoms with van der Waals surface area (Å²) in [4.78, 5) is 31.9. The molecule has 0 atom stereocenters. The van der Waals surface area contributed by atoms with Crippen molar-refractivity contribution in [2.24, 2.45) is 0 Å². The molecule has 2 aromatic rings. The first-order valence-corrected chi connectivity index (χ1v) is 8.84. The van der Waals surface area contributed by atoms with E-state index in [1.54, 1.807) is 17.0 Å². The zero-order chi connectivity index (χ0) is 16.2. The van der Waals surface area contributed by atoms with Crippen LogP contribution in [0.4, 0.5) is 9.93 Å². The fourth-order valence-corrected chi connectivity index (χ4v) is 3.90. The van der Waals surface area contributed by atoms with Gasteiger partial charge in [-0.25, -0.2) is 9.78 Å². The molecule has 2 N–H and O–H groups in total. The summed E-state index contributed by atoms with van der Waals surface area (Å²) < 4.78 is 0. The number of hydrogen-bond acceptors (Lipinski definition) is 5. The van der Waals surface area contributed by atoms with E-state index in [1.165, 1.54) is 22.7 Å². The highest BCUT2D eigenvalue weighted by atomic mass is 32.1. The van der Waals surface area contributed by atoms with E-state index in [2.05, 4.69) is 22.2 Å². The third-order valence-electron chi connectivity index (χ3n) is 3.38. The normalized spacial score (nSPS) is 13.3. The molecule has 0 spiro atoms. The molecule has 0 radical (unpaired) electrons. The van der Waals surface area contributed by atoms with Gasteiger partial charge in [-0.05, 0) is 11.4 Å². The van der Waals surface area contributed by atoms with Crippen molar-refractivity contribution >= 4 is 39.7 Å². The van der Waals surface area contributed by atoms with Crippen LogP contribution < -0.4 is 10.6 Å². The highest BCUT2D eigenvalue weighted by molar-refractivity contribution is 7.16. The second-order valence-electron chi connectivity index (χ2n) is 4.97. The van der Waals surface area contributed by atoms with E-state index in [9.17, 15) is 9.59 Å². The van der Waals surface area contributed by atoms with E-state index in [0.717, 1.165) is 10.6 Å². The van der Waals surface area contributed by atoms with Gasteiger partial charge in [0, 0.05) is 24.4 Å². The first-order chi connectivity index (χ1) is 11.2. The van der Waals surface area contributed by atoms with Crippen LogP contribution in [-0.4, -0.2) is 34.9 Å². The highest BCUT2D eigenvalue weighted by Crippen LogP contribution is 2.28. The maximum absolute atomic E-state index is 12.1. The van der Waals surface area contributed by atoms with Gasteiger partial charge in [-0.3, -0.25) is 10.1 Å². The lowest BCUT2D eigenvalue weighted by molar-refractivity contribution is 0.103. The minimum absolute atomic E-state index is 0.104. The van der Waals surface area contributed by atoms with E-state index in [0.29, 0.717) is 36.1 Å². The first-order valence-electron chi connectivity index (χ1n) is 7.14. The lowest BCUT2D eigenvalue weighted by atomic mass is 10.2. The number of thiophene rings is 1. The predicted molar refractivity (Wildman–Crippen MR) is 92.1 cm³/mol. The molecule has 0 aliphatic carbocycles. The van der Waals surface area contributed by atoms with Crippen molar-refractivity contribution < 1.29 is 9.59 Å². The van der Waals surface area contributed by atoms with Crippen molar-refractivity contribution in [1.29, 1.82) is 0 Å². The number of nitrogens with one attached hydrogen (secondary N) is 2. The van der Waals surface area contributed by atoms with Crippen molar-refractivity contribution in [3.8, 4) is 0 Å². The van der Waals surface area contributed by atoms with Gasteiger partial charge in [0.15, 0.2) is 5.13 Å². The Morgan fingerprint density at radius 1 is 1.48 bits per heavy atom. The number of thiazole rings is 1. The maximum Gasteiger partial charge on any atom is 0.317 e. The number of carbonyl (C=O) groups excluding carboxylic acids is 2. The molecule has 8 heteroatoms. The maximum atomic E-state index is 12.1. The summed E-state index contributed by atoms with van der Waals surface area (Å²) in [5.74, 6) is -0.147. The third kappa shape index (κ3) is 3.59. The van der Waals surface area contributed by atoms with E-state index >= 15 is 0 Å². The molecule has 1 aliphatic rings. The van der Waals surface area contributed by atoms with Gasteiger partial charge in [0.25, 0.3) is 5.91 Å². The number of nitrogens with zero attached hydrogens (tertiary/aromatic N) is 2. The van der Waals surface area contributed by atoms with Crippen LogP contribution in [0.5, 0.6) is 0 Å². The number of carbonyl (C=O) groups is 2. The van der Waals surface area contributed by atoms with Crippen LogP contribution in [0, 0.1) is 0 Å². The average Bonchev–Trinajstić information content (AvgIpc) is 3.20. The molecule has 0 unspecified atom stereocenters. The van der Waals surface area contributed by atoms with Crippen molar-refractivity contribution in [2.45, 2.75) is 13.0 Å². The predicted octanol–water partition coefficient (Wildman–Crippen LogP) is 2.71. The Morgan fingerprint density at radius 2 is 2.35 bits per heavy atom. The molecule has 3 heterocycles. The fourth-order valence-electron chi connectivity index (χ4n) is 2.26. The van der Waals surface area contributed by atoms with Gasteiger partial charge in [-0.2, -0.15) is 0 Å². The van der Waals surface area contributed by atoms with Gasteiger partial charge in [0.2, 0.25) is 0 Å². The molecule has 6 nitrogen and oxygen atoms in total. The van der Waals surface area contributed by atoms with Crippen LogP contribution in [-0.2, 0) is 13.0 Å². The molecule has 0 aromatic carbocycles. The number of rotatable bonds is 4. The molecule has 0 fully saturated rings. The smallest absolute Gasteiger partial charge is 0.317 e. The molecular weight excluding hydrogens is 332 g/mol. The van der Waals surface area contributed by atoms with Crippen LogP contribution in [0.1, 0.15) is 20.2 Å². The lowest BCUT2D eigenvalue weighted by Gasteiger charge is -2.25. The molecule has 1 aliphatic heterocycles.